The molecule has 0 bridgehead atoms. The average Bonchev–Trinajstić information content (AvgIpc) is 2.96. The van der Waals surface area contributed by atoms with Gasteiger partial charge in [-0.15, -0.1) is 0 Å². The topological polar surface area (TPSA) is 73.0 Å². The van der Waals surface area contributed by atoms with E-state index in [1.165, 1.54) is 4.90 Å². The number of benzene rings is 1. The molecule has 1 saturated carbocycles. The summed E-state index contributed by atoms with van der Waals surface area (Å²) in [6.07, 6.45) is 2.45. The zero-order valence-electron chi connectivity index (χ0n) is 20.7. The summed E-state index contributed by atoms with van der Waals surface area (Å²) in [5.41, 5.74) is -0.332. The first-order valence-electron chi connectivity index (χ1n) is 12.1. The van der Waals surface area contributed by atoms with E-state index in [-0.39, 0.29) is 29.9 Å². The van der Waals surface area contributed by atoms with Crippen molar-refractivity contribution in [3.05, 3.63) is 35.9 Å². The highest BCUT2D eigenvalue weighted by molar-refractivity contribution is 6.07. The van der Waals surface area contributed by atoms with Crippen LogP contribution in [0.3, 0.4) is 0 Å². The molecule has 2 atom stereocenters. The Balaban J connectivity index is 1.37. The Hall–Kier alpha value is -2.41. The lowest BCUT2D eigenvalue weighted by Crippen LogP contribution is -2.56. The van der Waals surface area contributed by atoms with Gasteiger partial charge in [0.1, 0.15) is 5.54 Å². The van der Waals surface area contributed by atoms with E-state index in [4.69, 9.17) is 0 Å². The van der Waals surface area contributed by atoms with Gasteiger partial charge >= 0.3 is 6.03 Å². The van der Waals surface area contributed by atoms with Gasteiger partial charge in [-0.25, -0.2) is 9.69 Å². The SMILES string of the molecule is CC1CC(C)(C)CC2(C1)NC(=O)N(CN1CCN(C(=O)C(C)(C)c3ccccc3)CC1)C2=O. The third-order valence-corrected chi connectivity index (χ3v) is 7.66. The highest BCUT2D eigenvalue weighted by Crippen LogP contribution is 2.46. The summed E-state index contributed by atoms with van der Waals surface area (Å²) in [4.78, 5) is 44.9. The second-order valence-corrected chi connectivity index (χ2v) is 11.6. The van der Waals surface area contributed by atoms with E-state index in [0.717, 1.165) is 12.0 Å². The maximum absolute atomic E-state index is 13.4. The number of imide groups is 1. The fourth-order valence-electron chi connectivity index (χ4n) is 6.30. The van der Waals surface area contributed by atoms with Crippen LogP contribution in [0.15, 0.2) is 30.3 Å². The van der Waals surface area contributed by atoms with Gasteiger partial charge in [-0.1, -0.05) is 51.1 Å². The molecular weight excluding hydrogens is 416 g/mol. The molecule has 33 heavy (non-hydrogen) atoms. The molecular formula is C26H38N4O3. The summed E-state index contributed by atoms with van der Waals surface area (Å²) in [7, 11) is 0. The van der Waals surface area contributed by atoms with Crippen LogP contribution in [0.2, 0.25) is 0 Å². The zero-order chi connectivity index (χ0) is 24.0. The number of hydrogen-bond donors (Lipinski definition) is 1. The number of nitrogens with zero attached hydrogens (tertiary/aromatic N) is 3. The Morgan fingerprint density at radius 2 is 1.70 bits per heavy atom. The van der Waals surface area contributed by atoms with Crippen LogP contribution in [-0.2, 0) is 15.0 Å². The van der Waals surface area contributed by atoms with Crippen molar-refractivity contribution in [2.75, 3.05) is 32.8 Å². The first-order chi connectivity index (χ1) is 15.4. The Kier molecular flexibility index (Phi) is 6.06. The molecule has 4 rings (SSSR count). The number of piperazine rings is 1. The van der Waals surface area contributed by atoms with E-state index in [1.807, 2.05) is 49.1 Å². The van der Waals surface area contributed by atoms with Crippen molar-refractivity contribution in [2.24, 2.45) is 11.3 Å². The van der Waals surface area contributed by atoms with E-state index < -0.39 is 11.0 Å². The summed E-state index contributed by atoms with van der Waals surface area (Å²) in [6.45, 7) is 13.2. The van der Waals surface area contributed by atoms with Crippen LogP contribution >= 0.6 is 0 Å². The monoisotopic (exact) mass is 454 g/mol. The largest absolute Gasteiger partial charge is 0.339 e. The second kappa shape index (κ2) is 8.42. The molecule has 3 fully saturated rings. The Morgan fingerprint density at radius 1 is 1.06 bits per heavy atom. The molecule has 1 aromatic carbocycles. The summed E-state index contributed by atoms with van der Waals surface area (Å²) < 4.78 is 0. The van der Waals surface area contributed by atoms with Crippen LogP contribution < -0.4 is 5.32 Å². The molecule has 7 heteroatoms. The quantitative estimate of drug-likeness (QED) is 0.709. The van der Waals surface area contributed by atoms with E-state index >= 15 is 0 Å². The maximum Gasteiger partial charge on any atom is 0.326 e. The van der Waals surface area contributed by atoms with Gasteiger partial charge in [0.05, 0.1) is 12.1 Å². The zero-order valence-corrected chi connectivity index (χ0v) is 20.7. The minimum Gasteiger partial charge on any atom is -0.339 e. The summed E-state index contributed by atoms with van der Waals surface area (Å²) >= 11 is 0. The van der Waals surface area contributed by atoms with Crippen LogP contribution in [0.1, 0.15) is 59.4 Å². The molecule has 4 amide bonds. The number of rotatable bonds is 4. The summed E-state index contributed by atoms with van der Waals surface area (Å²) in [6, 6.07) is 9.58. The molecule has 2 unspecified atom stereocenters. The highest BCUT2D eigenvalue weighted by atomic mass is 16.2. The first kappa shape index (κ1) is 23.7. The van der Waals surface area contributed by atoms with Crippen LogP contribution in [0.4, 0.5) is 4.79 Å². The summed E-state index contributed by atoms with van der Waals surface area (Å²) in [5, 5.41) is 3.06. The number of urea groups is 1. The van der Waals surface area contributed by atoms with E-state index in [0.29, 0.717) is 44.9 Å². The highest BCUT2D eigenvalue weighted by Gasteiger charge is 2.56. The van der Waals surface area contributed by atoms with Crippen LogP contribution in [0.5, 0.6) is 0 Å². The standard InChI is InChI=1S/C26H38N4O3/c1-19-15-24(2,3)17-26(16-19)22(32)30(23(33)27-26)18-28-11-13-29(14-12-28)21(31)25(4,5)20-9-7-6-8-10-20/h6-10,19H,11-18H2,1-5H3,(H,27,33). The van der Waals surface area contributed by atoms with Gasteiger partial charge in [0.15, 0.2) is 0 Å². The Labute approximate surface area is 197 Å². The van der Waals surface area contributed by atoms with E-state index in [2.05, 4.69) is 31.0 Å². The average molecular weight is 455 g/mol. The van der Waals surface area contributed by atoms with Crippen molar-refractivity contribution in [1.82, 2.24) is 20.0 Å². The molecule has 7 nitrogen and oxygen atoms in total. The maximum atomic E-state index is 13.4. The molecule has 1 N–H and O–H groups in total. The minimum atomic E-state index is -0.768. The molecule has 2 heterocycles. The van der Waals surface area contributed by atoms with Crippen molar-refractivity contribution in [3.8, 4) is 0 Å². The Morgan fingerprint density at radius 3 is 2.30 bits per heavy atom. The number of amides is 4. The van der Waals surface area contributed by atoms with Crippen LogP contribution in [0.25, 0.3) is 0 Å². The number of hydrogen-bond acceptors (Lipinski definition) is 4. The summed E-state index contributed by atoms with van der Waals surface area (Å²) in [5.74, 6) is 0.414. The lowest BCUT2D eigenvalue weighted by Gasteiger charge is -2.44. The second-order valence-electron chi connectivity index (χ2n) is 11.6. The third kappa shape index (κ3) is 4.52. The van der Waals surface area contributed by atoms with Gasteiger partial charge < -0.3 is 10.2 Å². The van der Waals surface area contributed by atoms with Gasteiger partial charge in [0, 0.05) is 26.2 Å². The third-order valence-electron chi connectivity index (χ3n) is 7.66. The fraction of sp³-hybridized carbons (Fsp3) is 0.654. The lowest BCUT2D eigenvalue weighted by atomic mass is 9.64. The van der Waals surface area contributed by atoms with E-state index in [9.17, 15) is 14.4 Å². The minimum absolute atomic E-state index is 0.0220. The van der Waals surface area contributed by atoms with Gasteiger partial charge in [0.2, 0.25) is 5.91 Å². The van der Waals surface area contributed by atoms with Crippen molar-refractivity contribution < 1.29 is 14.4 Å². The van der Waals surface area contributed by atoms with Gasteiger partial charge in [-0.2, -0.15) is 0 Å². The first-order valence-corrected chi connectivity index (χ1v) is 12.1. The molecule has 2 saturated heterocycles. The molecule has 0 aromatic heterocycles. The van der Waals surface area contributed by atoms with Gasteiger partial charge in [0.25, 0.3) is 5.91 Å². The molecule has 0 radical (unpaired) electrons. The van der Waals surface area contributed by atoms with E-state index in [1.54, 1.807) is 0 Å². The van der Waals surface area contributed by atoms with Crippen molar-refractivity contribution in [3.63, 3.8) is 0 Å². The van der Waals surface area contributed by atoms with Crippen molar-refractivity contribution >= 4 is 17.8 Å². The smallest absolute Gasteiger partial charge is 0.326 e. The molecule has 3 aliphatic rings. The molecule has 1 spiro atoms. The van der Waals surface area contributed by atoms with Crippen LogP contribution in [0, 0.1) is 11.3 Å². The molecule has 180 valence electrons. The van der Waals surface area contributed by atoms with Gasteiger partial charge in [-0.3, -0.25) is 14.5 Å². The predicted octanol–water partition coefficient (Wildman–Crippen LogP) is 3.20. The fourth-order valence-corrected chi connectivity index (χ4v) is 6.30. The number of carbonyl (C=O) groups excluding carboxylic acids is 3. The molecule has 1 aromatic rings. The number of nitrogens with one attached hydrogen (secondary N) is 1. The molecule has 1 aliphatic carbocycles. The van der Waals surface area contributed by atoms with Crippen LogP contribution in [-0.4, -0.2) is 70.9 Å². The predicted molar refractivity (Wildman–Crippen MR) is 127 cm³/mol. The normalized spacial score (nSPS) is 28.3. The lowest BCUT2D eigenvalue weighted by molar-refractivity contribution is -0.140. The van der Waals surface area contributed by atoms with Crippen molar-refractivity contribution in [1.29, 1.82) is 0 Å². The van der Waals surface area contributed by atoms with Crippen molar-refractivity contribution in [2.45, 2.75) is 64.8 Å². The molecule has 2 aliphatic heterocycles. The van der Waals surface area contributed by atoms with Gasteiger partial charge in [-0.05, 0) is 50.0 Å². The number of carbonyl (C=O) groups is 3. The Bertz CT molecular complexity index is 921.